The molecule has 2 aliphatic carbocycles. The van der Waals surface area contributed by atoms with Crippen LogP contribution in [0.25, 0.3) is 21.5 Å². The van der Waals surface area contributed by atoms with E-state index in [0.29, 0.717) is 12.2 Å². The molecule has 5 rings (SSSR count). The van der Waals surface area contributed by atoms with Crippen molar-refractivity contribution in [1.82, 2.24) is 0 Å². The summed E-state index contributed by atoms with van der Waals surface area (Å²) < 4.78 is 6.09. The zero-order valence-corrected chi connectivity index (χ0v) is 18.0. The van der Waals surface area contributed by atoms with E-state index >= 15 is 0 Å². The summed E-state index contributed by atoms with van der Waals surface area (Å²) in [6.45, 7) is 6.51. The summed E-state index contributed by atoms with van der Waals surface area (Å²) in [5, 5.41) is 13.5. The lowest BCUT2D eigenvalue weighted by molar-refractivity contribution is -0.152. The summed E-state index contributed by atoms with van der Waals surface area (Å²) in [4.78, 5) is 25.3. The van der Waals surface area contributed by atoms with Gasteiger partial charge in [-0.1, -0.05) is 75.4 Å². The number of carboxylic acids is 1. The highest BCUT2D eigenvalue weighted by molar-refractivity contribution is 6.08. The Labute approximate surface area is 181 Å². The summed E-state index contributed by atoms with van der Waals surface area (Å²) in [6, 6.07) is 16.1. The van der Waals surface area contributed by atoms with Crippen molar-refractivity contribution in [3.05, 3.63) is 66.2 Å². The third-order valence-electron chi connectivity index (χ3n) is 6.88. The van der Waals surface area contributed by atoms with Crippen molar-refractivity contribution in [1.29, 1.82) is 0 Å². The summed E-state index contributed by atoms with van der Waals surface area (Å²) in [5.74, 6) is -2.34. The highest BCUT2D eigenvalue weighted by atomic mass is 16.5. The number of esters is 1. The fourth-order valence-electron chi connectivity index (χ4n) is 5.46. The van der Waals surface area contributed by atoms with Crippen molar-refractivity contribution in [2.75, 3.05) is 0 Å². The lowest BCUT2D eigenvalue weighted by atomic mass is 9.82. The molecule has 0 amide bonds. The Kier molecular flexibility index (Phi) is 4.44. The molecule has 3 aromatic rings. The SMILES string of the molecule is CC(C)(C)c1cccc2c(OC(=O)C3C4C=CC(C4)C3C(=O)O)c3ccccc3cc12. The standard InChI is InChI=1S/C27H26O4/c1-27(2,3)21-10-6-9-19-20(21)14-15-7-4-5-8-18(15)24(19)31-26(30)23-17-12-11-16(13-17)22(23)25(28)29/h4-12,14,16-17,22-23H,13H2,1-3H3,(H,28,29). The number of hydrogen-bond acceptors (Lipinski definition) is 3. The van der Waals surface area contributed by atoms with E-state index in [1.807, 2.05) is 48.6 Å². The van der Waals surface area contributed by atoms with Crippen molar-refractivity contribution < 1.29 is 19.4 Å². The smallest absolute Gasteiger partial charge is 0.315 e. The molecule has 4 unspecified atom stereocenters. The number of fused-ring (bicyclic) bond motifs is 4. The van der Waals surface area contributed by atoms with E-state index in [1.54, 1.807) is 0 Å². The van der Waals surface area contributed by atoms with Crippen LogP contribution >= 0.6 is 0 Å². The van der Waals surface area contributed by atoms with Gasteiger partial charge in [-0.25, -0.2) is 0 Å². The van der Waals surface area contributed by atoms with E-state index in [1.165, 1.54) is 5.56 Å². The lowest BCUT2D eigenvalue weighted by Gasteiger charge is -2.25. The predicted molar refractivity (Wildman–Crippen MR) is 121 cm³/mol. The first-order valence-corrected chi connectivity index (χ1v) is 10.8. The number of hydrogen-bond donors (Lipinski definition) is 1. The minimum atomic E-state index is -0.920. The molecule has 1 fully saturated rings. The molecule has 0 heterocycles. The summed E-state index contributed by atoms with van der Waals surface area (Å²) in [7, 11) is 0. The maximum atomic E-state index is 13.4. The van der Waals surface area contributed by atoms with Crippen LogP contribution in [-0.4, -0.2) is 17.0 Å². The van der Waals surface area contributed by atoms with Crippen LogP contribution in [0.3, 0.4) is 0 Å². The zero-order chi connectivity index (χ0) is 21.9. The van der Waals surface area contributed by atoms with E-state index in [-0.39, 0.29) is 17.3 Å². The van der Waals surface area contributed by atoms with Gasteiger partial charge in [-0.2, -0.15) is 0 Å². The Morgan fingerprint density at radius 2 is 1.58 bits per heavy atom. The summed E-state index contributed by atoms with van der Waals surface area (Å²) in [6.07, 6.45) is 4.63. The quantitative estimate of drug-likeness (QED) is 0.258. The van der Waals surface area contributed by atoms with Crippen molar-refractivity contribution in [3.63, 3.8) is 0 Å². The molecule has 3 aromatic carbocycles. The van der Waals surface area contributed by atoms with Crippen LogP contribution in [0.4, 0.5) is 0 Å². The maximum Gasteiger partial charge on any atom is 0.315 e. The van der Waals surface area contributed by atoms with Crippen molar-refractivity contribution >= 4 is 33.5 Å². The van der Waals surface area contributed by atoms with Gasteiger partial charge in [0.25, 0.3) is 0 Å². The second kappa shape index (κ2) is 6.94. The first kappa shape index (κ1) is 19.8. The van der Waals surface area contributed by atoms with E-state index in [4.69, 9.17) is 4.74 Å². The van der Waals surface area contributed by atoms with E-state index in [2.05, 4.69) is 32.9 Å². The molecule has 0 aromatic heterocycles. The van der Waals surface area contributed by atoms with Gasteiger partial charge in [0.2, 0.25) is 0 Å². The number of carboxylic acid groups (broad SMARTS) is 1. The van der Waals surface area contributed by atoms with Gasteiger partial charge in [0, 0.05) is 10.8 Å². The molecule has 4 heteroatoms. The fraction of sp³-hybridized carbons (Fsp3) is 0.333. The van der Waals surface area contributed by atoms with Gasteiger partial charge in [0.05, 0.1) is 11.8 Å². The molecule has 31 heavy (non-hydrogen) atoms. The molecule has 1 saturated carbocycles. The van der Waals surface area contributed by atoms with Gasteiger partial charge in [0.15, 0.2) is 0 Å². The molecule has 0 radical (unpaired) electrons. The van der Waals surface area contributed by atoms with Crippen LogP contribution in [0.1, 0.15) is 32.8 Å². The molecule has 0 spiro atoms. The van der Waals surface area contributed by atoms with Crippen molar-refractivity contribution in [2.45, 2.75) is 32.6 Å². The first-order valence-electron chi connectivity index (χ1n) is 10.8. The topological polar surface area (TPSA) is 63.6 Å². The van der Waals surface area contributed by atoms with Gasteiger partial charge in [-0.15, -0.1) is 0 Å². The van der Waals surface area contributed by atoms with Crippen LogP contribution in [0.5, 0.6) is 5.75 Å². The fourth-order valence-corrected chi connectivity index (χ4v) is 5.46. The van der Waals surface area contributed by atoms with E-state index < -0.39 is 23.8 Å². The number of ether oxygens (including phenoxy) is 1. The third kappa shape index (κ3) is 3.13. The number of benzene rings is 3. The Morgan fingerprint density at radius 1 is 0.903 bits per heavy atom. The largest absolute Gasteiger partial charge is 0.481 e. The van der Waals surface area contributed by atoms with Gasteiger partial charge in [0.1, 0.15) is 5.75 Å². The minimum Gasteiger partial charge on any atom is -0.481 e. The molecule has 4 nitrogen and oxygen atoms in total. The second-order valence-corrected chi connectivity index (χ2v) is 9.84. The highest BCUT2D eigenvalue weighted by Gasteiger charge is 2.52. The van der Waals surface area contributed by atoms with Crippen molar-refractivity contribution in [3.8, 4) is 5.75 Å². The summed E-state index contributed by atoms with van der Waals surface area (Å²) >= 11 is 0. The van der Waals surface area contributed by atoms with Gasteiger partial charge in [-0.3, -0.25) is 9.59 Å². The first-order chi connectivity index (χ1) is 14.8. The average Bonchev–Trinajstić information content (AvgIpc) is 3.34. The Balaban J connectivity index is 1.66. The summed E-state index contributed by atoms with van der Waals surface area (Å²) in [5.41, 5.74) is 1.10. The molecular formula is C27H26O4. The third-order valence-corrected chi connectivity index (χ3v) is 6.88. The van der Waals surface area contributed by atoms with Gasteiger partial charge >= 0.3 is 11.9 Å². The molecule has 0 saturated heterocycles. The maximum absolute atomic E-state index is 13.4. The Bertz CT molecular complexity index is 1250. The number of carbonyl (C=O) groups is 2. The zero-order valence-electron chi connectivity index (χ0n) is 18.0. The lowest BCUT2D eigenvalue weighted by Crippen LogP contribution is -2.35. The average molecular weight is 415 g/mol. The molecule has 2 aliphatic rings. The molecule has 158 valence electrons. The Hall–Kier alpha value is -3.14. The molecular weight excluding hydrogens is 388 g/mol. The number of rotatable bonds is 3. The van der Waals surface area contributed by atoms with Crippen LogP contribution in [0, 0.1) is 23.7 Å². The molecule has 4 atom stereocenters. The number of allylic oxidation sites excluding steroid dienone is 2. The molecule has 0 aliphatic heterocycles. The van der Waals surface area contributed by atoms with Gasteiger partial charge in [-0.05, 0) is 46.1 Å². The monoisotopic (exact) mass is 414 g/mol. The second-order valence-electron chi connectivity index (χ2n) is 9.84. The van der Waals surface area contributed by atoms with Crippen LogP contribution in [0.2, 0.25) is 0 Å². The van der Waals surface area contributed by atoms with Crippen LogP contribution in [0.15, 0.2) is 60.7 Å². The van der Waals surface area contributed by atoms with E-state index in [9.17, 15) is 14.7 Å². The normalized spacial score (nSPS) is 24.7. The molecule has 2 bridgehead atoms. The number of carbonyl (C=O) groups excluding carboxylic acids is 1. The number of aliphatic carboxylic acids is 1. The predicted octanol–water partition coefficient (Wildman–Crippen LogP) is 5.72. The molecule has 1 N–H and O–H groups in total. The highest BCUT2D eigenvalue weighted by Crippen LogP contribution is 2.49. The van der Waals surface area contributed by atoms with Gasteiger partial charge < -0.3 is 9.84 Å². The Morgan fingerprint density at radius 3 is 2.29 bits per heavy atom. The van der Waals surface area contributed by atoms with Crippen LogP contribution in [-0.2, 0) is 15.0 Å². The van der Waals surface area contributed by atoms with E-state index in [0.717, 1.165) is 21.5 Å². The minimum absolute atomic E-state index is 0.0648. The van der Waals surface area contributed by atoms with Crippen LogP contribution < -0.4 is 4.74 Å². The van der Waals surface area contributed by atoms with Crippen molar-refractivity contribution in [2.24, 2.45) is 23.7 Å².